The van der Waals surface area contributed by atoms with E-state index in [1.165, 1.54) is 7.11 Å². The van der Waals surface area contributed by atoms with Gasteiger partial charge in [0.05, 0.1) is 24.6 Å². The summed E-state index contributed by atoms with van der Waals surface area (Å²) in [5.41, 5.74) is 2.52. The summed E-state index contributed by atoms with van der Waals surface area (Å²) in [6, 6.07) is 9.37. The predicted octanol–water partition coefficient (Wildman–Crippen LogP) is 2.39. The molecule has 2 rings (SSSR count). The van der Waals surface area contributed by atoms with Crippen molar-refractivity contribution in [3.63, 3.8) is 0 Å². The standard InChI is InChI=1S/C15H17NO3/c1-9-4-5-11-8-12(6-7-13(11)16-9)14(17)10(2)15(18)19-3/h4-8,10,14,17H,1-3H3. The van der Waals surface area contributed by atoms with Gasteiger partial charge in [-0.25, -0.2) is 0 Å². The minimum Gasteiger partial charge on any atom is -0.469 e. The average molecular weight is 259 g/mol. The van der Waals surface area contributed by atoms with E-state index in [-0.39, 0.29) is 0 Å². The summed E-state index contributed by atoms with van der Waals surface area (Å²) in [7, 11) is 1.32. The molecule has 2 aromatic rings. The molecule has 4 nitrogen and oxygen atoms in total. The van der Waals surface area contributed by atoms with Crippen LogP contribution in [0.1, 0.15) is 24.3 Å². The molecule has 0 saturated heterocycles. The zero-order chi connectivity index (χ0) is 14.0. The maximum absolute atomic E-state index is 11.4. The van der Waals surface area contributed by atoms with E-state index in [2.05, 4.69) is 9.72 Å². The van der Waals surface area contributed by atoms with Crippen LogP contribution in [0.5, 0.6) is 0 Å². The molecule has 0 fully saturated rings. The van der Waals surface area contributed by atoms with Crippen LogP contribution in [0, 0.1) is 12.8 Å². The summed E-state index contributed by atoms with van der Waals surface area (Å²) < 4.78 is 4.65. The van der Waals surface area contributed by atoms with Gasteiger partial charge in [0.1, 0.15) is 0 Å². The molecular weight excluding hydrogens is 242 g/mol. The molecule has 0 radical (unpaired) electrons. The second-order valence-electron chi connectivity index (χ2n) is 4.66. The van der Waals surface area contributed by atoms with E-state index in [1.807, 2.05) is 31.2 Å². The molecular formula is C15H17NO3. The normalized spacial score (nSPS) is 14.1. The highest BCUT2D eigenvalue weighted by Gasteiger charge is 2.24. The summed E-state index contributed by atoms with van der Waals surface area (Å²) >= 11 is 0. The van der Waals surface area contributed by atoms with Crippen LogP contribution in [0.2, 0.25) is 0 Å². The first-order valence-electron chi connectivity index (χ1n) is 6.16. The number of hydrogen-bond acceptors (Lipinski definition) is 4. The minimum absolute atomic E-state index is 0.422. The fourth-order valence-electron chi connectivity index (χ4n) is 2.03. The van der Waals surface area contributed by atoms with Gasteiger partial charge >= 0.3 is 5.97 Å². The SMILES string of the molecule is COC(=O)C(C)C(O)c1ccc2nc(C)ccc2c1. The van der Waals surface area contributed by atoms with Crippen LogP contribution >= 0.6 is 0 Å². The first-order valence-corrected chi connectivity index (χ1v) is 6.16. The van der Waals surface area contributed by atoms with E-state index < -0.39 is 18.0 Å². The Kier molecular flexibility index (Phi) is 3.81. The Morgan fingerprint density at radius 1 is 1.32 bits per heavy atom. The maximum Gasteiger partial charge on any atom is 0.311 e. The van der Waals surface area contributed by atoms with Crippen molar-refractivity contribution in [1.82, 2.24) is 4.98 Å². The van der Waals surface area contributed by atoms with Gasteiger partial charge in [-0.2, -0.15) is 0 Å². The Morgan fingerprint density at radius 2 is 2.05 bits per heavy atom. The lowest BCUT2D eigenvalue weighted by Gasteiger charge is -2.17. The summed E-state index contributed by atoms with van der Waals surface area (Å²) in [6.07, 6.45) is -0.877. The van der Waals surface area contributed by atoms with Crippen LogP contribution in [-0.4, -0.2) is 23.2 Å². The molecule has 0 aliphatic heterocycles. The third-order valence-corrected chi connectivity index (χ3v) is 3.24. The average Bonchev–Trinajstić information content (AvgIpc) is 2.44. The predicted molar refractivity (Wildman–Crippen MR) is 72.6 cm³/mol. The number of aromatic nitrogens is 1. The van der Waals surface area contributed by atoms with Crippen molar-refractivity contribution in [2.45, 2.75) is 20.0 Å². The highest BCUT2D eigenvalue weighted by atomic mass is 16.5. The molecule has 2 atom stereocenters. The van der Waals surface area contributed by atoms with Crippen molar-refractivity contribution in [2.75, 3.05) is 7.11 Å². The number of ether oxygens (including phenoxy) is 1. The lowest BCUT2D eigenvalue weighted by molar-refractivity contribution is -0.148. The zero-order valence-corrected chi connectivity index (χ0v) is 11.3. The van der Waals surface area contributed by atoms with Crippen molar-refractivity contribution in [3.8, 4) is 0 Å². The molecule has 0 aliphatic carbocycles. The molecule has 100 valence electrons. The summed E-state index contributed by atoms with van der Waals surface area (Å²) in [4.78, 5) is 15.8. The number of carbonyl (C=O) groups is 1. The molecule has 1 aromatic heterocycles. The van der Waals surface area contributed by atoms with E-state index in [9.17, 15) is 9.90 Å². The minimum atomic E-state index is -0.877. The van der Waals surface area contributed by atoms with E-state index in [0.717, 1.165) is 16.6 Å². The smallest absolute Gasteiger partial charge is 0.311 e. The van der Waals surface area contributed by atoms with Gasteiger partial charge in [0.15, 0.2) is 0 Å². The Bertz CT molecular complexity index is 609. The fraction of sp³-hybridized carbons (Fsp3) is 0.333. The lowest BCUT2D eigenvalue weighted by Crippen LogP contribution is -2.20. The van der Waals surface area contributed by atoms with E-state index >= 15 is 0 Å². The van der Waals surface area contributed by atoms with Crippen molar-refractivity contribution in [1.29, 1.82) is 0 Å². The number of aliphatic hydroxyl groups excluding tert-OH is 1. The molecule has 1 heterocycles. The molecule has 4 heteroatoms. The maximum atomic E-state index is 11.4. The third kappa shape index (κ3) is 2.74. The topological polar surface area (TPSA) is 59.4 Å². The van der Waals surface area contributed by atoms with Crippen LogP contribution in [0.3, 0.4) is 0 Å². The summed E-state index contributed by atoms with van der Waals surface area (Å²) in [6.45, 7) is 3.58. The van der Waals surface area contributed by atoms with Gasteiger partial charge in [-0.15, -0.1) is 0 Å². The molecule has 0 saturated carbocycles. The van der Waals surface area contributed by atoms with Gasteiger partial charge in [0, 0.05) is 11.1 Å². The van der Waals surface area contributed by atoms with Crippen molar-refractivity contribution >= 4 is 16.9 Å². The third-order valence-electron chi connectivity index (χ3n) is 3.24. The summed E-state index contributed by atoms with van der Waals surface area (Å²) in [5, 5.41) is 11.1. The van der Waals surface area contributed by atoms with Gasteiger partial charge in [0.25, 0.3) is 0 Å². The van der Waals surface area contributed by atoms with Crippen LogP contribution < -0.4 is 0 Å². The van der Waals surface area contributed by atoms with Gasteiger partial charge in [0.2, 0.25) is 0 Å². The number of carbonyl (C=O) groups excluding carboxylic acids is 1. The summed E-state index contributed by atoms with van der Waals surface area (Å²) in [5.74, 6) is -1.02. The number of rotatable bonds is 3. The van der Waals surface area contributed by atoms with Gasteiger partial charge in [-0.05, 0) is 37.6 Å². The second kappa shape index (κ2) is 5.36. The molecule has 0 amide bonds. The number of benzene rings is 1. The Morgan fingerprint density at radius 3 is 2.74 bits per heavy atom. The number of esters is 1. The quantitative estimate of drug-likeness (QED) is 0.860. The first-order chi connectivity index (χ1) is 9.02. The van der Waals surface area contributed by atoms with Crippen molar-refractivity contribution < 1.29 is 14.6 Å². The van der Waals surface area contributed by atoms with Crippen LogP contribution in [0.25, 0.3) is 10.9 Å². The van der Waals surface area contributed by atoms with E-state index in [4.69, 9.17) is 0 Å². The number of hydrogen-bond donors (Lipinski definition) is 1. The highest BCUT2D eigenvalue weighted by Crippen LogP contribution is 2.25. The van der Waals surface area contributed by atoms with Gasteiger partial charge in [-0.3, -0.25) is 9.78 Å². The Balaban J connectivity index is 2.35. The molecule has 0 aliphatic rings. The lowest BCUT2D eigenvalue weighted by atomic mass is 9.96. The number of aryl methyl sites for hydroxylation is 1. The van der Waals surface area contributed by atoms with Crippen LogP contribution in [-0.2, 0) is 9.53 Å². The Labute approximate surface area is 112 Å². The second-order valence-corrected chi connectivity index (χ2v) is 4.66. The number of aliphatic hydroxyl groups is 1. The molecule has 2 unspecified atom stereocenters. The van der Waals surface area contributed by atoms with Crippen molar-refractivity contribution in [3.05, 3.63) is 41.6 Å². The fourth-order valence-corrected chi connectivity index (χ4v) is 2.03. The number of methoxy groups -OCH3 is 1. The zero-order valence-electron chi connectivity index (χ0n) is 11.3. The van der Waals surface area contributed by atoms with Crippen LogP contribution in [0.4, 0.5) is 0 Å². The first kappa shape index (κ1) is 13.5. The monoisotopic (exact) mass is 259 g/mol. The number of pyridine rings is 1. The Hall–Kier alpha value is -1.94. The number of fused-ring (bicyclic) bond motifs is 1. The van der Waals surface area contributed by atoms with E-state index in [1.54, 1.807) is 13.0 Å². The molecule has 0 spiro atoms. The van der Waals surface area contributed by atoms with Crippen molar-refractivity contribution in [2.24, 2.45) is 5.92 Å². The van der Waals surface area contributed by atoms with Crippen LogP contribution in [0.15, 0.2) is 30.3 Å². The number of nitrogens with zero attached hydrogens (tertiary/aromatic N) is 1. The molecule has 0 bridgehead atoms. The van der Waals surface area contributed by atoms with Gasteiger partial charge in [-0.1, -0.05) is 12.1 Å². The highest BCUT2D eigenvalue weighted by molar-refractivity contribution is 5.80. The molecule has 19 heavy (non-hydrogen) atoms. The molecule has 1 aromatic carbocycles. The largest absolute Gasteiger partial charge is 0.469 e. The van der Waals surface area contributed by atoms with Gasteiger partial charge < -0.3 is 9.84 Å². The van der Waals surface area contributed by atoms with E-state index in [0.29, 0.717) is 5.56 Å². The molecule has 1 N–H and O–H groups in total.